The van der Waals surface area contributed by atoms with Crippen LogP contribution in [0.15, 0.2) is 42.7 Å². The first kappa shape index (κ1) is 18.0. The number of methoxy groups -OCH3 is 1. The zero-order valence-electron chi connectivity index (χ0n) is 15.1. The second-order valence-electron chi connectivity index (χ2n) is 6.43. The van der Waals surface area contributed by atoms with Gasteiger partial charge in [-0.2, -0.15) is 5.10 Å². The van der Waals surface area contributed by atoms with Crippen LogP contribution in [0.5, 0.6) is 5.75 Å². The fourth-order valence-corrected chi connectivity index (χ4v) is 3.43. The van der Waals surface area contributed by atoms with Gasteiger partial charge in [-0.1, -0.05) is 12.1 Å². The topological polar surface area (TPSA) is 76.5 Å². The van der Waals surface area contributed by atoms with Crippen LogP contribution in [0.3, 0.4) is 0 Å². The first-order valence-corrected chi connectivity index (χ1v) is 8.75. The quantitative estimate of drug-likeness (QED) is 0.853. The molecule has 2 aromatic rings. The number of hydrogen-bond donors (Lipinski definition) is 1. The number of piperidine rings is 1. The van der Waals surface area contributed by atoms with Crippen LogP contribution in [-0.4, -0.2) is 47.2 Å². The third kappa shape index (κ3) is 3.87. The van der Waals surface area contributed by atoms with Gasteiger partial charge in [0.05, 0.1) is 25.6 Å². The van der Waals surface area contributed by atoms with Crippen molar-refractivity contribution >= 4 is 11.8 Å². The van der Waals surface area contributed by atoms with E-state index < -0.39 is 0 Å². The van der Waals surface area contributed by atoms with E-state index in [2.05, 4.69) is 10.4 Å². The molecule has 1 saturated heterocycles. The van der Waals surface area contributed by atoms with E-state index in [0.717, 1.165) is 11.3 Å². The molecule has 7 heteroatoms. The van der Waals surface area contributed by atoms with Crippen molar-refractivity contribution in [2.75, 3.05) is 20.7 Å². The Balaban J connectivity index is 1.71. The van der Waals surface area contributed by atoms with Gasteiger partial charge < -0.3 is 15.0 Å². The van der Waals surface area contributed by atoms with Gasteiger partial charge in [0.2, 0.25) is 11.8 Å². The minimum Gasteiger partial charge on any atom is -0.497 e. The lowest BCUT2D eigenvalue weighted by Gasteiger charge is -2.38. The summed E-state index contributed by atoms with van der Waals surface area (Å²) in [5.41, 5.74) is 0.938. The van der Waals surface area contributed by atoms with Crippen molar-refractivity contribution in [1.29, 1.82) is 0 Å². The molecule has 7 nitrogen and oxygen atoms in total. The fraction of sp³-hybridized carbons (Fsp3) is 0.421. The normalized spacial score (nSPS) is 20.1. The Morgan fingerprint density at radius 1 is 1.35 bits per heavy atom. The molecule has 1 N–H and O–H groups in total. The molecule has 1 aromatic heterocycles. The highest BCUT2D eigenvalue weighted by Gasteiger charge is 2.38. The van der Waals surface area contributed by atoms with Gasteiger partial charge in [-0.15, -0.1) is 0 Å². The highest BCUT2D eigenvalue weighted by atomic mass is 16.5. The van der Waals surface area contributed by atoms with Gasteiger partial charge in [0.1, 0.15) is 5.75 Å². The second-order valence-corrected chi connectivity index (χ2v) is 6.43. The third-order valence-electron chi connectivity index (χ3n) is 4.85. The maximum absolute atomic E-state index is 12.8. The maximum atomic E-state index is 12.8. The molecule has 3 rings (SSSR count). The smallest absolute Gasteiger partial charge is 0.225 e. The van der Waals surface area contributed by atoms with Crippen molar-refractivity contribution in [3.63, 3.8) is 0 Å². The van der Waals surface area contributed by atoms with E-state index in [0.29, 0.717) is 25.9 Å². The molecule has 0 radical (unpaired) electrons. The molecule has 1 aliphatic heterocycles. The van der Waals surface area contributed by atoms with Crippen molar-refractivity contribution in [2.24, 2.45) is 5.92 Å². The summed E-state index contributed by atoms with van der Waals surface area (Å²) >= 11 is 0. The second kappa shape index (κ2) is 8.03. The van der Waals surface area contributed by atoms with Crippen LogP contribution in [0.2, 0.25) is 0 Å². The van der Waals surface area contributed by atoms with Gasteiger partial charge >= 0.3 is 0 Å². The number of nitrogens with zero attached hydrogens (tertiary/aromatic N) is 3. The van der Waals surface area contributed by atoms with E-state index in [-0.39, 0.29) is 23.8 Å². The van der Waals surface area contributed by atoms with Crippen LogP contribution in [-0.2, 0) is 16.1 Å². The summed E-state index contributed by atoms with van der Waals surface area (Å²) in [6, 6.07) is 9.13. The monoisotopic (exact) mass is 356 g/mol. The summed E-state index contributed by atoms with van der Waals surface area (Å²) in [4.78, 5) is 26.7. The van der Waals surface area contributed by atoms with Crippen LogP contribution < -0.4 is 10.1 Å². The van der Waals surface area contributed by atoms with Gasteiger partial charge in [0.25, 0.3) is 0 Å². The highest BCUT2D eigenvalue weighted by molar-refractivity contribution is 5.84. The first-order valence-electron chi connectivity index (χ1n) is 8.75. The summed E-state index contributed by atoms with van der Waals surface area (Å²) in [6.07, 6.45) is 4.51. The predicted octanol–water partition coefficient (Wildman–Crippen LogP) is 1.62. The molecule has 0 spiro atoms. The van der Waals surface area contributed by atoms with Gasteiger partial charge in [-0.3, -0.25) is 14.3 Å². The average molecular weight is 356 g/mol. The molecule has 1 aliphatic rings. The molecule has 138 valence electrons. The summed E-state index contributed by atoms with van der Waals surface area (Å²) in [6.45, 7) is 1.12. The number of ether oxygens (including phenoxy) is 1. The van der Waals surface area contributed by atoms with Crippen molar-refractivity contribution in [2.45, 2.75) is 25.4 Å². The zero-order valence-corrected chi connectivity index (χ0v) is 15.1. The predicted molar refractivity (Wildman–Crippen MR) is 96.5 cm³/mol. The SMILES string of the molecule is COc1ccc([C@H]2[C@H](C(=O)NCCn3cccn3)CCC(=O)N2C)cc1. The molecule has 1 fully saturated rings. The highest BCUT2D eigenvalue weighted by Crippen LogP contribution is 2.36. The largest absolute Gasteiger partial charge is 0.497 e. The summed E-state index contributed by atoms with van der Waals surface area (Å²) < 4.78 is 6.97. The average Bonchev–Trinajstić information content (AvgIpc) is 3.17. The zero-order chi connectivity index (χ0) is 18.5. The minimum absolute atomic E-state index is 0.0303. The van der Waals surface area contributed by atoms with Crippen LogP contribution in [0, 0.1) is 5.92 Å². The van der Waals surface area contributed by atoms with Gasteiger partial charge in [0, 0.05) is 32.4 Å². The van der Waals surface area contributed by atoms with Crippen molar-refractivity contribution in [3.8, 4) is 5.75 Å². The van der Waals surface area contributed by atoms with E-state index >= 15 is 0 Å². The standard InChI is InChI=1S/C19H24N4O3/c1-22-17(24)9-8-16(18(22)14-4-6-15(26-2)7-5-14)19(25)20-11-13-23-12-3-10-21-23/h3-7,10,12,16,18H,8-9,11,13H2,1-2H3,(H,20,25)/t16-,18+/m1/s1. The first-order chi connectivity index (χ1) is 12.6. The molecule has 2 amide bonds. The molecule has 0 bridgehead atoms. The number of benzene rings is 1. The van der Waals surface area contributed by atoms with E-state index in [9.17, 15) is 9.59 Å². The Hall–Kier alpha value is -2.83. The number of carbonyl (C=O) groups is 2. The van der Waals surface area contributed by atoms with Crippen LogP contribution in [0.1, 0.15) is 24.4 Å². The van der Waals surface area contributed by atoms with E-state index in [1.807, 2.05) is 36.5 Å². The van der Waals surface area contributed by atoms with Crippen molar-refractivity contribution in [3.05, 3.63) is 48.3 Å². The van der Waals surface area contributed by atoms with Crippen LogP contribution in [0.4, 0.5) is 0 Å². The van der Waals surface area contributed by atoms with Crippen molar-refractivity contribution in [1.82, 2.24) is 20.0 Å². The molecular weight excluding hydrogens is 332 g/mol. The third-order valence-corrected chi connectivity index (χ3v) is 4.85. The number of rotatable bonds is 6. The molecule has 0 aliphatic carbocycles. The molecule has 2 heterocycles. The van der Waals surface area contributed by atoms with Crippen LogP contribution >= 0.6 is 0 Å². The molecular formula is C19H24N4O3. The van der Waals surface area contributed by atoms with Gasteiger partial charge in [-0.25, -0.2) is 0 Å². The molecule has 0 unspecified atom stereocenters. The summed E-state index contributed by atoms with van der Waals surface area (Å²) in [5.74, 6) is 0.506. The Bertz CT molecular complexity index is 743. The number of hydrogen-bond acceptors (Lipinski definition) is 4. The van der Waals surface area contributed by atoms with Crippen molar-refractivity contribution < 1.29 is 14.3 Å². The number of nitrogens with one attached hydrogen (secondary N) is 1. The van der Waals surface area contributed by atoms with Gasteiger partial charge in [0.15, 0.2) is 0 Å². The summed E-state index contributed by atoms with van der Waals surface area (Å²) in [7, 11) is 3.38. The van der Waals surface area contributed by atoms with E-state index in [4.69, 9.17) is 4.74 Å². The lowest BCUT2D eigenvalue weighted by molar-refractivity contribution is -0.141. The lowest BCUT2D eigenvalue weighted by atomic mass is 9.84. The number of likely N-dealkylation sites (tertiary alicyclic amines) is 1. The van der Waals surface area contributed by atoms with E-state index in [1.165, 1.54) is 0 Å². The molecule has 0 saturated carbocycles. The Morgan fingerprint density at radius 2 is 2.12 bits per heavy atom. The lowest BCUT2D eigenvalue weighted by Crippen LogP contribution is -2.46. The minimum atomic E-state index is -0.274. The summed E-state index contributed by atoms with van der Waals surface area (Å²) in [5, 5.41) is 7.11. The molecule has 26 heavy (non-hydrogen) atoms. The fourth-order valence-electron chi connectivity index (χ4n) is 3.43. The number of aromatic nitrogens is 2. The van der Waals surface area contributed by atoms with E-state index in [1.54, 1.807) is 29.9 Å². The van der Waals surface area contributed by atoms with Crippen LogP contribution in [0.25, 0.3) is 0 Å². The Labute approximate surface area is 152 Å². The number of amides is 2. The maximum Gasteiger partial charge on any atom is 0.225 e. The molecule has 2 atom stereocenters. The Kier molecular flexibility index (Phi) is 5.55. The Morgan fingerprint density at radius 3 is 2.77 bits per heavy atom. The number of carbonyl (C=O) groups excluding carboxylic acids is 2. The molecule has 1 aromatic carbocycles. The van der Waals surface area contributed by atoms with Gasteiger partial charge in [-0.05, 0) is 30.2 Å².